The zero-order chi connectivity index (χ0) is 43.3. The molecule has 0 aliphatic carbocycles. The van der Waals surface area contributed by atoms with Gasteiger partial charge in [-0.15, -0.1) is 10.2 Å². The van der Waals surface area contributed by atoms with E-state index in [1.807, 2.05) is 0 Å². The van der Waals surface area contributed by atoms with Crippen molar-refractivity contribution in [2.75, 3.05) is 26.4 Å². The van der Waals surface area contributed by atoms with E-state index in [2.05, 4.69) is 64.1 Å². The molecule has 0 saturated carbocycles. The van der Waals surface area contributed by atoms with Gasteiger partial charge in [-0.25, -0.2) is 0 Å². The SMILES string of the molecule is CCCCCCCCCCOc1cc(OCCCCCCCCCC)cc(-c2nnc(-c3cc(OCCCCCCCCCC)cc(OCCCCCCCCCC)c3)s2)c1. The maximum Gasteiger partial charge on any atom is 0.148 e. The molecule has 2 aromatic carbocycles. The first-order chi connectivity index (χ1) is 30.2. The first-order valence-corrected chi connectivity index (χ1v) is 26.6. The second-order valence-corrected chi connectivity index (χ2v) is 18.6. The van der Waals surface area contributed by atoms with Crippen molar-refractivity contribution in [2.45, 2.75) is 233 Å². The third kappa shape index (κ3) is 25.8. The summed E-state index contributed by atoms with van der Waals surface area (Å²) in [5, 5.41) is 11.2. The quantitative estimate of drug-likeness (QED) is 0.0529. The summed E-state index contributed by atoms with van der Waals surface area (Å²) < 4.78 is 25.5. The molecule has 0 aliphatic rings. The van der Waals surface area contributed by atoms with E-state index in [1.165, 1.54) is 180 Å². The molecule has 0 bridgehead atoms. The monoisotopic (exact) mass is 863 g/mol. The van der Waals surface area contributed by atoms with Crippen LogP contribution in [0.25, 0.3) is 21.1 Å². The molecular weight excluding hydrogens is 773 g/mol. The van der Waals surface area contributed by atoms with Crippen LogP contribution in [0.3, 0.4) is 0 Å². The smallest absolute Gasteiger partial charge is 0.148 e. The van der Waals surface area contributed by atoms with Crippen molar-refractivity contribution in [1.82, 2.24) is 10.2 Å². The van der Waals surface area contributed by atoms with Gasteiger partial charge in [0.05, 0.1) is 26.4 Å². The Bertz CT molecular complexity index is 1270. The molecule has 61 heavy (non-hydrogen) atoms. The summed E-state index contributed by atoms with van der Waals surface area (Å²) in [6, 6.07) is 12.6. The molecule has 0 aliphatic heterocycles. The molecule has 0 radical (unpaired) electrons. The van der Waals surface area contributed by atoms with Gasteiger partial charge in [-0.05, 0) is 49.9 Å². The summed E-state index contributed by atoms with van der Waals surface area (Å²) in [6.45, 7) is 12.0. The first kappa shape index (κ1) is 52.5. The highest BCUT2D eigenvalue weighted by Gasteiger charge is 2.15. The fourth-order valence-electron chi connectivity index (χ4n) is 7.88. The minimum absolute atomic E-state index is 0.713. The van der Waals surface area contributed by atoms with Gasteiger partial charge in [0.25, 0.3) is 0 Å². The summed E-state index contributed by atoms with van der Waals surface area (Å²) in [5.41, 5.74) is 1.97. The van der Waals surface area contributed by atoms with Crippen LogP contribution in [0.15, 0.2) is 36.4 Å². The van der Waals surface area contributed by atoms with E-state index < -0.39 is 0 Å². The van der Waals surface area contributed by atoms with Crippen LogP contribution < -0.4 is 18.9 Å². The van der Waals surface area contributed by atoms with Gasteiger partial charge in [0.2, 0.25) is 0 Å². The molecule has 0 amide bonds. The van der Waals surface area contributed by atoms with Gasteiger partial charge in [-0.3, -0.25) is 0 Å². The predicted octanol–water partition coefficient (Wildman–Crippen LogP) is 18.0. The van der Waals surface area contributed by atoms with Gasteiger partial charge >= 0.3 is 0 Å². The van der Waals surface area contributed by atoms with Crippen LogP contribution in [0.1, 0.15) is 233 Å². The second kappa shape index (κ2) is 36.7. The minimum Gasteiger partial charge on any atom is -0.493 e. The number of unbranched alkanes of at least 4 members (excludes halogenated alkanes) is 28. The van der Waals surface area contributed by atoms with Crippen LogP contribution >= 0.6 is 11.3 Å². The zero-order valence-electron chi connectivity index (χ0n) is 39.9. The third-order valence-corrected chi connectivity index (χ3v) is 12.8. The Kier molecular flexibility index (Phi) is 31.6. The molecule has 1 aromatic heterocycles. The molecule has 0 fully saturated rings. The normalized spacial score (nSPS) is 11.3. The van der Waals surface area contributed by atoms with Crippen molar-refractivity contribution in [2.24, 2.45) is 0 Å². The number of rotatable bonds is 42. The van der Waals surface area contributed by atoms with Crippen LogP contribution in [0, 0.1) is 0 Å². The summed E-state index contributed by atoms with van der Waals surface area (Å²) in [5.74, 6) is 3.37. The lowest BCUT2D eigenvalue weighted by atomic mass is 10.1. The first-order valence-electron chi connectivity index (χ1n) is 25.8. The molecule has 3 rings (SSSR count). The summed E-state index contributed by atoms with van der Waals surface area (Å²) in [4.78, 5) is 0. The topological polar surface area (TPSA) is 62.7 Å². The van der Waals surface area contributed by atoms with Crippen LogP contribution in [-0.2, 0) is 0 Å². The Hall–Kier alpha value is -2.80. The van der Waals surface area contributed by atoms with Gasteiger partial charge in [-0.1, -0.05) is 219 Å². The van der Waals surface area contributed by atoms with Gasteiger partial charge in [-0.2, -0.15) is 0 Å². The van der Waals surface area contributed by atoms with E-state index in [0.717, 1.165) is 69.8 Å². The molecule has 346 valence electrons. The molecule has 0 spiro atoms. The maximum absolute atomic E-state index is 6.38. The standard InChI is InChI=1S/C54H90N2O4S/c1-5-9-13-17-21-25-29-33-37-57-49-41-47(42-50(45-49)58-38-34-30-26-22-18-14-10-6-2)53-55-56-54(61-53)48-43-51(59-39-35-31-27-23-19-15-11-7-3)46-52(44-48)60-40-36-32-28-24-20-16-12-8-4/h41-46H,5-40H2,1-4H3. The fourth-order valence-corrected chi connectivity index (χ4v) is 8.70. The van der Waals surface area contributed by atoms with Crippen LogP contribution in [0.4, 0.5) is 0 Å². The van der Waals surface area contributed by atoms with Gasteiger partial charge in [0.15, 0.2) is 0 Å². The van der Waals surface area contributed by atoms with Gasteiger partial charge < -0.3 is 18.9 Å². The Morgan fingerprint density at radius 3 is 0.738 bits per heavy atom. The fraction of sp³-hybridized carbons (Fsp3) is 0.741. The molecule has 0 saturated heterocycles. The molecule has 0 N–H and O–H groups in total. The molecule has 0 unspecified atom stereocenters. The maximum atomic E-state index is 6.38. The molecule has 0 atom stereocenters. The van der Waals surface area contributed by atoms with Crippen LogP contribution in [0.2, 0.25) is 0 Å². The number of benzene rings is 2. The van der Waals surface area contributed by atoms with E-state index in [-0.39, 0.29) is 0 Å². The highest BCUT2D eigenvalue weighted by Crippen LogP contribution is 2.37. The second-order valence-electron chi connectivity index (χ2n) is 17.6. The predicted molar refractivity (Wildman–Crippen MR) is 263 cm³/mol. The summed E-state index contributed by atoms with van der Waals surface area (Å²) in [7, 11) is 0. The largest absolute Gasteiger partial charge is 0.493 e. The number of aromatic nitrogens is 2. The van der Waals surface area contributed by atoms with E-state index in [9.17, 15) is 0 Å². The zero-order valence-corrected chi connectivity index (χ0v) is 40.7. The van der Waals surface area contributed by atoms with Crippen molar-refractivity contribution in [1.29, 1.82) is 0 Å². The average molecular weight is 863 g/mol. The molecule has 1 heterocycles. The molecular formula is C54H90N2O4S. The number of hydrogen-bond acceptors (Lipinski definition) is 7. The molecule has 7 heteroatoms. The highest BCUT2D eigenvalue weighted by atomic mass is 32.1. The Balaban J connectivity index is 1.68. The Labute approximate surface area is 379 Å². The number of ether oxygens (including phenoxy) is 4. The van der Waals surface area contributed by atoms with Gasteiger partial charge in [0, 0.05) is 23.3 Å². The average Bonchev–Trinajstić information content (AvgIpc) is 3.78. The number of hydrogen-bond donors (Lipinski definition) is 0. The van der Waals surface area contributed by atoms with Crippen molar-refractivity contribution in [3.05, 3.63) is 36.4 Å². The van der Waals surface area contributed by atoms with Crippen LogP contribution in [-0.4, -0.2) is 36.6 Å². The van der Waals surface area contributed by atoms with E-state index in [0.29, 0.717) is 26.4 Å². The third-order valence-electron chi connectivity index (χ3n) is 11.7. The van der Waals surface area contributed by atoms with Crippen molar-refractivity contribution in [3.8, 4) is 44.1 Å². The Morgan fingerprint density at radius 2 is 0.508 bits per heavy atom. The molecule has 3 aromatic rings. The van der Waals surface area contributed by atoms with Crippen LogP contribution in [0.5, 0.6) is 23.0 Å². The highest BCUT2D eigenvalue weighted by molar-refractivity contribution is 7.17. The summed E-state index contributed by atoms with van der Waals surface area (Å²) in [6.07, 6.45) is 41.0. The lowest BCUT2D eigenvalue weighted by Crippen LogP contribution is -2.01. The van der Waals surface area contributed by atoms with E-state index in [1.54, 1.807) is 11.3 Å². The lowest BCUT2D eigenvalue weighted by molar-refractivity contribution is 0.289. The van der Waals surface area contributed by atoms with Crippen molar-refractivity contribution in [3.63, 3.8) is 0 Å². The molecule has 6 nitrogen and oxygen atoms in total. The van der Waals surface area contributed by atoms with Gasteiger partial charge in [0.1, 0.15) is 33.0 Å². The Morgan fingerprint density at radius 1 is 0.295 bits per heavy atom. The number of nitrogens with zero attached hydrogens (tertiary/aromatic N) is 2. The minimum atomic E-state index is 0.713. The lowest BCUT2D eigenvalue weighted by Gasteiger charge is -2.12. The van der Waals surface area contributed by atoms with E-state index >= 15 is 0 Å². The van der Waals surface area contributed by atoms with Crippen molar-refractivity contribution < 1.29 is 18.9 Å². The summed E-state index contributed by atoms with van der Waals surface area (Å²) >= 11 is 1.60. The van der Waals surface area contributed by atoms with E-state index in [4.69, 9.17) is 29.1 Å². The van der Waals surface area contributed by atoms with Crippen molar-refractivity contribution >= 4 is 11.3 Å².